The molecule has 38 heavy (non-hydrogen) atoms. The van der Waals surface area contributed by atoms with E-state index in [4.69, 9.17) is 9.47 Å². The van der Waals surface area contributed by atoms with Gasteiger partial charge < -0.3 is 23.8 Å². The fraction of sp³-hybridized carbons (Fsp3) is 0.500. The smallest absolute Gasteiger partial charge is 0.252 e. The maximum absolute atomic E-state index is 12.8. The van der Waals surface area contributed by atoms with Crippen LogP contribution in [0.3, 0.4) is 0 Å². The number of rotatable bonds is 6. The summed E-state index contributed by atoms with van der Waals surface area (Å²) in [6.07, 6.45) is 8.17. The Balaban J connectivity index is 1.25. The average molecular weight is 514 g/mol. The van der Waals surface area contributed by atoms with Crippen molar-refractivity contribution < 1.29 is 9.47 Å². The molecule has 0 unspecified atom stereocenters. The van der Waals surface area contributed by atoms with E-state index in [0.717, 1.165) is 60.8 Å². The monoisotopic (exact) mass is 513 g/mol. The maximum atomic E-state index is 12.8. The van der Waals surface area contributed by atoms with Gasteiger partial charge in [-0.2, -0.15) is 5.26 Å². The highest BCUT2D eigenvalue weighted by Crippen LogP contribution is 2.42. The van der Waals surface area contributed by atoms with Crippen molar-refractivity contribution in [1.29, 1.82) is 5.26 Å². The SMILES string of the molecule is Cc1cc2c(cc1N(CC1CCC1)C1CCC(N(C)c3cc(=O)n(C)c4ccc(C#N)nc34)CC1)OCO2. The largest absolute Gasteiger partial charge is 0.454 e. The topological polar surface area (TPSA) is 83.6 Å². The minimum absolute atomic E-state index is 0.0653. The van der Waals surface area contributed by atoms with E-state index < -0.39 is 0 Å². The average Bonchev–Trinajstić information content (AvgIpc) is 3.36. The molecule has 2 aliphatic carbocycles. The van der Waals surface area contributed by atoms with Crippen molar-refractivity contribution in [3.63, 3.8) is 0 Å². The number of pyridine rings is 2. The summed E-state index contributed by atoms with van der Waals surface area (Å²) in [5, 5.41) is 9.42. The first-order valence-corrected chi connectivity index (χ1v) is 13.7. The normalized spacial score (nSPS) is 20.7. The van der Waals surface area contributed by atoms with E-state index in [1.54, 1.807) is 23.7 Å². The van der Waals surface area contributed by atoms with Crippen molar-refractivity contribution in [2.75, 3.05) is 30.2 Å². The Morgan fingerprint density at radius 2 is 1.74 bits per heavy atom. The van der Waals surface area contributed by atoms with Crippen LogP contribution in [0.4, 0.5) is 11.4 Å². The molecule has 0 spiro atoms. The number of nitriles is 1. The first-order valence-electron chi connectivity index (χ1n) is 13.7. The summed E-state index contributed by atoms with van der Waals surface area (Å²) in [7, 11) is 3.82. The van der Waals surface area contributed by atoms with Gasteiger partial charge in [-0.05, 0) is 75.1 Å². The second-order valence-corrected chi connectivity index (χ2v) is 11.1. The van der Waals surface area contributed by atoms with E-state index in [9.17, 15) is 10.1 Å². The minimum atomic E-state index is -0.0653. The van der Waals surface area contributed by atoms with E-state index in [2.05, 4.69) is 47.0 Å². The second kappa shape index (κ2) is 9.86. The van der Waals surface area contributed by atoms with Crippen molar-refractivity contribution in [1.82, 2.24) is 9.55 Å². The molecule has 8 nitrogen and oxygen atoms in total. The Kier molecular flexibility index (Phi) is 6.38. The minimum Gasteiger partial charge on any atom is -0.454 e. The van der Waals surface area contributed by atoms with Crippen LogP contribution in [0.5, 0.6) is 11.5 Å². The van der Waals surface area contributed by atoms with Crippen molar-refractivity contribution in [3.05, 3.63) is 51.9 Å². The lowest BCUT2D eigenvalue weighted by atomic mass is 9.83. The first kappa shape index (κ1) is 24.6. The van der Waals surface area contributed by atoms with Crippen molar-refractivity contribution >= 4 is 22.4 Å². The molecule has 3 heterocycles. The van der Waals surface area contributed by atoms with Crippen LogP contribution in [0.1, 0.15) is 56.2 Å². The predicted molar refractivity (Wildman–Crippen MR) is 148 cm³/mol. The third kappa shape index (κ3) is 4.34. The summed E-state index contributed by atoms with van der Waals surface area (Å²) < 4.78 is 13.0. The number of aromatic nitrogens is 2. The first-order chi connectivity index (χ1) is 18.4. The third-order valence-corrected chi connectivity index (χ3v) is 8.90. The van der Waals surface area contributed by atoms with Crippen LogP contribution in [0.15, 0.2) is 35.1 Å². The van der Waals surface area contributed by atoms with Crippen molar-refractivity contribution in [2.45, 2.75) is 64.0 Å². The maximum Gasteiger partial charge on any atom is 0.252 e. The summed E-state index contributed by atoms with van der Waals surface area (Å²) >= 11 is 0. The van der Waals surface area contributed by atoms with Gasteiger partial charge in [-0.25, -0.2) is 4.98 Å². The molecular weight excluding hydrogens is 478 g/mol. The summed E-state index contributed by atoms with van der Waals surface area (Å²) in [6, 6.07) is 12.4. The van der Waals surface area contributed by atoms with Gasteiger partial charge in [0.15, 0.2) is 11.5 Å². The molecule has 1 aromatic carbocycles. The zero-order valence-corrected chi connectivity index (χ0v) is 22.4. The standard InChI is InChI=1S/C30H35N5O3/c1-19-13-27-28(38-18-37-27)14-25(19)35(17-20-5-4-6-20)23-10-8-22(9-11-23)33(2)26-15-29(36)34(3)24-12-7-21(16-31)32-30(24)26/h7,12-15,20,22-23H,4-6,8-11,17-18H2,1-3H3. The summed E-state index contributed by atoms with van der Waals surface area (Å²) in [5.74, 6) is 2.45. The van der Waals surface area contributed by atoms with Crippen LogP contribution < -0.4 is 24.8 Å². The van der Waals surface area contributed by atoms with Crippen molar-refractivity contribution in [2.24, 2.45) is 13.0 Å². The number of ether oxygens (including phenoxy) is 2. The highest BCUT2D eigenvalue weighted by atomic mass is 16.7. The molecule has 3 aromatic rings. The van der Waals surface area contributed by atoms with Gasteiger partial charge in [0.05, 0.1) is 11.2 Å². The van der Waals surface area contributed by atoms with Crippen LogP contribution in [-0.2, 0) is 7.05 Å². The number of fused-ring (bicyclic) bond motifs is 2. The molecule has 6 rings (SSSR count). The van der Waals surface area contributed by atoms with Gasteiger partial charge in [-0.15, -0.1) is 0 Å². The third-order valence-electron chi connectivity index (χ3n) is 8.90. The highest BCUT2D eigenvalue weighted by Gasteiger charge is 2.33. The fourth-order valence-corrected chi connectivity index (χ4v) is 6.34. The van der Waals surface area contributed by atoms with Gasteiger partial charge >= 0.3 is 0 Å². The zero-order chi connectivity index (χ0) is 26.4. The Morgan fingerprint density at radius 1 is 1.03 bits per heavy atom. The quantitative estimate of drug-likeness (QED) is 0.464. The van der Waals surface area contributed by atoms with E-state index in [-0.39, 0.29) is 5.56 Å². The molecule has 2 saturated carbocycles. The molecule has 3 aliphatic rings. The molecule has 2 fully saturated rings. The Labute approximate surface area is 223 Å². The van der Waals surface area contributed by atoms with Crippen LogP contribution in [0.25, 0.3) is 11.0 Å². The number of anilines is 2. The van der Waals surface area contributed by atoms with E-state index in [1.165, 1.54) is 30.5 Å². The lowest BCUT2D eigenvalue weighted by Crippen LogP contribution is -2.46. The van der Waals surface area contributed by atoms with Crippen LogP contribution in [0, 0.1) is 24.2 Å². The molecule has 0 amide bonds. The lowest BCUT2D eigenvalue weighted by Gasteiger charge is -2.44. The van der Waals surface area contributed by atoms with Gasteiger partial charge in [-0.3, -0.25) is 4.79 Å². The van der Waals surface area contributed by atoms with Gasteiger partial charge in [0.25, 0.3) is 5.56 Å². The molecule has 1 aliphatic heterocycles. The molecule has 198 valence electrons. The van der Waals surface area contributed by atoms with E-state index >= 15 is 0 Å². The predicted octanol–water partition coefficient (Wildman–Crippen LogP) is 4.90. The highest BCUT2D eigenvalue weighted by molar-refractivity contribution is 5.88. The van der Waals surface area contributed by atoms with Crippen molar-refractivity contribution in [3.8, 4) is 17.6 Å². The Morgan fingerprint density at radius 3 is 2.42 bits per heavy atom. The Bertz CT molecular complexity index is 1460. The molecule has 0 bridgehead atoms. The lowest BCUT2D eigenvalue weighted by molar-refractivity contribution is 0.174. The molecule has 0 N–H and O–H groups in total. The summed E-state index contributed by atoms with van der Waals surface area (Å²) in [4.78, 5) is 22.2. The molecule has 2 aromatic heterocycles. The molecule has 0 radical (unpaired) electrons. The molecule has 0 atom stereocenters. The number of nitrogens with zero attached hydrogens (tertiary/aromatic N) is 5. The fourth-order valence-electron chi connectivity index (χ4n) is 6.34. The number of hydrogen-bond acceptors (Lipinski definition) is 7. The van der Waals surface area contributed by atoms with E-state index in [1.807, 2.05) is 6.07 Å². The van der Waals surface area contributed by atoms with Gasteiger partial charge in [0.2, 0.25) is 6.79 Å². The molecule has 0 saturated heterocycles. The summed E-state index contributed by atoms with van der Waals surface area (Å²) in [5.41, 5.74) is 5.06. The van der Waals surface area contributed by atoms with Gasteiger partial charge in [-0.1, -0.05) is 6.42 Å². The number of benzene rings is 1. The Hall–Kier alpha value is -3.73. The molecular formula is C30H35N5O3. The zero-order valence-electron chi connectivity index (χ0n) is 22.4. The molecule has 8 heteroatoms. The number of hydrogen-bond donors (Lipinski definition) is 0. The van der Waals surface area contributed by atoms with E-state index in [0.29, 0.717) is 30.1 Å². The second-order valence-electron chi connectivity index (χ2n) is 11.1. The number of aryl methyl sites for hydroxylation is 2. The summed E-state index contributed by atoms with van der Waals surface area (Å²) in [6.45, 7) is 3.56. The van der Waals surface area contributed by atoms with Crippen LogP contribution >= 0.6 is 0 Å². The van der Waals surface area contributed by atoms with Gasteiger partial charge in [0, 0.05) is 50.5 Å². The van der Waals surface area contributed by atoms with Gasteiger partial charge in [0.1, 0.15) is 17.3 Å². The van der Waals surface area contributed by atoms with Crippen LogP contribution in [-0.4, -0.2) is 42.0 Å². The van der Waals surface area contributed by atoms with Crippen LogP contribution in [0.2, 0.25) is 0 Å².